The fraction of sp³-hybridized carbons (Fsp3) is 0.429. The number of thiazole rings is 1. The standard InChI is InChI=1S/C42H49N7O9S2/c1-25(2)44-41-46-33(24-59-41)32-21-35(29-15-14-27(57-3)19-31(29)45-32)58-28-20-34(49(23-28)37(50)16-17-38(51)52)39(53)47-42-22-26(42)11-7-5-4-6-10-18-43-30-12-8-9-13-36(30)60(55,56)48-40(42)54/h7-9,11-15,19,21,24-26,28,34,43H,4-6,10,16-18,20,22-23H2,1-3H3,(H,44,46)(H,47,53)(H,48,54)(H,51,52)/b11-7-/t26-,28-,34+,42-/m1/s1. The Morgan fingerprint density at radius 2 is 1.88 bits per heavy atom. The lowest BCUT2D eigenvalue weighted by molar-refractivity contribution is -0.143. The van der Waals surface area contributed by atoms with Crippen LogP contribution in [-0.2, 0) is 29.2 Å². The monoisotopic (exact) mass is 859 g/mol. The third-order valence-electron chi connectivity index (χ3n) is 10.8. The van der Waals surface area contributed by atoms with Crippen LogP contribution in [0.5, 0.6) is 11.5 Å². The summed E-state index contributed by atoms with van der Waals surface area (Å²) in [6.45, 7) is 4.52. The molecule has 3 aliphatic rings. The maximum atomic E-state index is 14.4. The number of hydrogen-bond donors (Lipinski definition) is 5. The van der Waals surface area contributed by atoms with Crippen molar-refractivity contribution in [2.24, 2.45) is 5.92 Å². The normalized spacial score (nSPS) is 23.2. The molecular weight excluding hydrogens is 811 g/mol. The van der Waals surface area contributed by atoms with Crippen LogP contribution in [0.3, 0.4) is 0 Å². The number of carbonyl (C=O) groups excluding carboxylic acids is 3. The Bertz CT molecular complexity index is 2420. The van der Waals surface area contributed by atoms with Crippen LogP contribution in [0.15, 0.2) is 71.0 Å². The van der Waals surface area contributed by atoms with E-state index in [2.05, 4.69) is 20.7 Å². The molecule has 1 saturated heterocycles. The number of para-hydroxylation sites is 1. The van der Waals surface area contributed by atoms with Crippen LogP contribution in [0.4, 0.5) is 10.8 Å². The highest BCUT2D eigenvalue weighted by molar-refractivity contribution is 7.90. The zero-order chi connectivity index (χ0) is 42.6. The highest BCUT2D eigenvalue weighted by Crippen LogP contribution is 2.46. The first-order valence-corrected chi connectivity index (χ1v) is 22.4. The second kappa shape index (κ2) is 17.8. The number of carboxylic acids is 1. The number of likely N-dealkylation sites (tertiary alicyclic amines) is 1. The van der Waals surface area contributed by atoms with E-state index in [9.17, 15) is 32.7 Å². The lowest BCUT2D eigenvalue weighted by atomic mass is 10.1. The Balaban J connectivity index is 1.18. The summed E-state index contributed by atoms with van der Waals surface area (Å²) in [6, 6.07) is 12.4. The topological polar surface area (TPSA) is 218 Å². The van der Waals surface area contributed by atoms with E-state index >= 15 is 0 Å². The van der Waals surface area contributed by atoms with Gasteiger partial charge in [-0.15, -0.1) is 11.3 Å². The number of benzene rings is 2. The van der Waals surface area contributed by atoms with Crippen molar-refractivity contribution in [3.05, 3.63) is 66.1 Å². The second-order valence-corrected chi connectivity index (χ2v) is 18.1. The quantitative estimate of drug-likeness (QED) is 0.121. The molecule has 5 N–H and O–H groups in total. The maximum absolute atomic E-state index is 14.4. The molecule has 1 saturated carbocycles. The Hall–Kier alpha value is -5.75. The summed E-state index contributed by atoms with van der Waals surface area (Å²) in [4.78, 5) is 64.5. The Morgan fingerprint density at radius 3 is 2.67 bits per heavy atom. The molecule has 4 aromatic rings. The van der Waals surface area contributed by atoms with Crippen LogP contribution in [0.1, 0.15) is 65.2 Å². The van der Waals surface area contributed by atoms with Crippen molar-refractivity contribution < 1.29 is 42.2 Å². The number of hydrogen-bond acceptors (Lipinski definition) is 13. The van der Waals surface area contributed by atoms with Gasteiger partial charge in [-0.25, -0.2) is 23.1 Å². The fourth-order valence-corrected chi connectivity index (χ4v) is 9.70. The van der Waals surface area contributed by atoms with E-state index in [0.29, 0.717) is 46.0 Å². The Morgan fingerprint density at radius 1 is 1.07 bits per heavy atom. The Labute approximate surface area is 352 Å². The van der Waals surface area contributed by atoms with Crippen LogP contribution in [0.25, 0.3) is 22.3 Å². The molecule has 0 spiro atoms. The number of fused-ring (bicyclic) bond motifs is 3. The van der Waals surface area contributed by atoms with Crippen LogP contribution in [0, 0.1) is 5.92 Å². The molecule has 2 aliphatic heterocycles. The van der Waals surface area contributed by atoms with Gasteiger partial charge in [0.05, 0.1) is 37.0 Å². The number of carboxylic acid groups (broad SMARTS) is 1. The van der Waals surface area contributed by atoms with Crippen molar-refractivity contribution in [1.82, 2.24) is 24.9 Å². The molecule has 7 rings (SSSR count). The number of aromatic nitrogens is 2. The molecule has 0 radical (unpaired) electrons. The molecule has 60 heavy (non-hydrogen) atoms. The minimum Gasteiger partial charge on any atom is -0.497 e. The summed E-state index contributed by atoms with van der Waals surface area (Å²) in [5.74, 6) is -2.86. The molecular formula is C42H49N7O9S2. The van der Waals surface area contributed by atoms with Crippen molar-refractivity contribution in [2.45, 2.75) is 93.8 Å². The first kappa shape index (κ1) is 42.4. The molecule has 2 aromatic carbocycles. The van der Waals surface area contributed by atoms with Gasteiger partial charge < -0.3 is 35.4 Å². The van der Waals surface area contributed by atoms with Gasteiger partial charge in [0.15, 0.2) is 5.13 Å². The van der Waals surface area contributed by atoms with Crippen molar-refractivity contribution in [3.63, 3.8) is 0 Å². The van der Waals surface area contributed by atoms with E-state index in [1.165, 1.54) is 22.3 Å². The summed E-state index contributed by atoms with van der Waals surface area (Å²) in [7, 11) is -2.83. The van der Waals surface area contributed by atoms with Crippen LogP contribution < -0.4 is 30.1 Å². The van der Waals surface area contributed by atoms with Crippen molar-refractivity contribution in [3.8, 4) is 22.9 Å². The average molecular weight is 860 g/mol. The number of nitrogens with one attached hydrogen (secondary N) is 4. The molecule has 16 nitrogen and oxygen atoms in total. The van der Waals surface area contributed by atoms with E-state index in [4.69, 9.17) is 19.4 Å². The van der Waals surface area contributed by atoms with Gasteiger partial charge in [-0.3, -0.25) is 19.2 Å². The van der Waals surface area contributed by atoms with Gasteiger partial charge in [-0.05, 0) is 63.8 Å². The lowest BCUT2D eigenvalue weighted by Crippen LogP contribution is -2.56. The van der Waals surface area contributed by atoms with Crippen LogP contribution >= 0.6 is 11.3 Å². The fourth-order valence-electron chi connectivity index (χ4n) is 7.63. The summed E-state index contributed by atoms with van der Waals surface area (Å²) < 4.78 is 41.8. The zero-order valence-electron chi connectivity index (χ0n) is 33.6. The number of ether oxygens (including phenoxy) is 2. The van der Waals surface area contributed by atoms with Gasteiger partial charge >= 0.3 is 5.97 Å². The summed E-state index contributed by atoms with van der Waals surface area (Å²) in [5.41, 5.74) is 0.431. The molecule has 4 atom stereocenters. The number of allylic oxidation sites excluding steroid dienone is 1. The number of carbonyl (C=O) groups is 4. The van der Waals surface area contributed by atoms with E-state index in [0.717, 1.165) is 30.8 Å². The third-order valence-corrected chi connectivity index (χ3v) is 13.0. The third kappa shape index (κ3) is 9.49. The number of pyridine rings is 1. The predicted molar refractivity (Wildman–Crippen MR) is 226 cm³/mol. The van der Waals surface area contributed by atoms with Crippen molar-refractivity contribution >= 4 is 66.8 Å². The molecule has 18 heteroatoms. The first-order valence-electron chi connectivity index (χ1n) is 20.0. The second-order valence-electron chi connectivity index (χ2n) is 15.6. The molecule has 2 fully saturated rings. The molecule has 0 unspecified atom stereocenters. The number of nitrogens with zero attached hydrogens (tertiary/aromatic N) is 3. The number of anilines is 2. The number of rotatable bonds is 11. The summed E-state index contributed by atoms with van der Waals surface area (Å²) in [5, 5.41) is 22.0. The lowest BCUT2D eigenvalue weighted by Gasteiger charge is -2.26. The number of amides is 3. The average Bonchev–Trinajstić information content (AvgIpc) is 3.48. The van der Waals surface area contributed by atoms with Crippen LogP contribution in [-0.4, -0.2) is 96.0 Å². The zero-order valence-corrected chi connectivity index (χ0v) is 35.2. The number of sulfonamides is 1. The molecule has 1 aliphatic carbocycles. The van der Waals surface area contributed by atoms with E-state index in [1.807, 2.05) is 31.4 Å². The van der Waals surface area contributed by atoms with E-state index < -0.39 is 63.7 Å². The van der Waals surface area contributed by atoms with Gasteiger partial charge in [0, 0.05) is 54.2 Å². The maximum Gasteiger partial charge on any atom is 0.303 e. The van der Waals surface area contributed by atoms with Crippen LogP contribution in [0.2, 0.25) is 0 Å². The van der Waals surface area contributed by atoms with Gasteiger partial charge in [-0.2, -0.15) is 0 Å². The summed E-state index contributed by atoms with van der Waals surface area (Å²) in [6.07, 6.45) is 5.68. The van der Waals surface area contributed by atoms with Gasteiger partial charge in [-0.1, -0.05) is 30.7 Å². The minimum absolute atomic E-state index is 0.00530. The molecule has 318 valence electrons. The SMILES string of the molecule is COc1ccc2c(O[C@@H]3C[C@@H](C(=O)N[C@]45C[C@H]4/C=C\CCCCCNc4ccccc4S(=O)(=O)NC5=O)N(C(=O)CCC(=O)O)C3)cc(-c3csc(NC(C)C)n3)nc2c1. The molecule has 2 aromatic heterocycles. The van der Waals surface area contributed by atoms with Crippen molar-refractivity contribution in [1.29, 1.82) is 0 Å². The van der Waals surface area contributed by atoms with E-state index in [1.54, 1.807) is 49.6 Å². The molecule has 0 bridgehead atoms. The minimum atomic E-state index is -4.38. The summed E-state index contributed by atoms with van der Waals surface area (Å²) >= 11 is 1.43. The Kier molecular flexibility index (Phi) is 12.6. The smallest absolute Gasteiger partial charge is 0.303 e. The molecule has 4 heterocycles. The number of aliphatic carboxylic acids is 1. The van der Waals surface area contributed by atoms with Gasteiger partial charge in [0.1, 0.15) is 39.8 Å². The van der Waals surface area contributed by atoms with Crippen molar-refractivity contribution in [2.75, 3.05) is 30.8 Å². The highest BCUT2D eigenvalue weighted by Gasteiger charge is 2.61. The first-order chi connectivity index (χ1) is 28.8. The van der Waals surface area contributed by atoms with Gasteiger partial charge in [0.2, 0.25) is 11.8 Å². The molecule has 3 amide bonds. The predicted octanol–water partition coefficient (Wildman–Crippen LogP) is 5.32. The van der Waals surface area contributed by atoms with Gasteiger partial charge in [0.25, 0.3) is 15.9 Å². The highest BCUT2D eigenvalue weighted by atomic mass is 32.2. The van der Waals surface area contributed by atoms with E-state index in [-0.39, 0.29) is 36.7 Å². The largest absolute Gasteiger partial charge is 0.497 e. The number of methoxy groups -OCH3 is 1.